The van der Waals surface area contributed by atoms with E-state index in [2.05, 4.69) is 17.9 Å². The Kier molecular flexibility index (Phi) is 6.93. The predicted octanol–water partition coefficient (Wildman–Crippen LogP) is 1.98. The van der Waals surface area contributed by atoms with Crippen molar-refractivity contribution in [3.05, 3.63) is 29.8 Å². The van der Waals surface area contributed by atoms with E-state index < -0.39 is 17.9 Å². The number of nitrogens with one attached hydrogen (secondary N) is 1. The number of rotatable bonds is 8. The second-order valence-corrected chi connectivity index (χ2v) is 4.61. The number of carboxylic acid groups (broad SMARTS) is 1. The third kappa shape index (κ3) is 4.77. The van der Waals surface area contributed by atoms with E-state index in [1.807, 2.05) is 6.92 Å². The Labute approximate surface area is 123 Å². The van der Waals surface area contributed by atoms with Crippen molar-refractivity contribution in [2.75, 3.05) is 12.4 Å². The topological polar surface area (TPSA) is 75.6 Å². The summed E-state index contributed by atoms with van der Waals surface area (Å²) in [5.74, 6) is -1.10. The monoisotopic (exact) mass is 297 g/mol. The number of aliphatic carboxylic acids is 1. The molecule has 0 saturated carbocycles. The zero-order chi connectivity index (χ0) is 15.0. The van der Waals surface area contributed by atoms with Crippen molar-refractivity contribution in [2.24, 2.45) is 0 Å². The standard InChI is InChI=1S/C14H19NO4S/c1-2-3-8-19-12-7-5-4-6-10(12)13(16)15-11(9-20)14(17)18/h4-7,11,20H,2-3,8-9H2,1H3,(H,15,16)(H,17,18)/t11-/m0/s1. The number of hydrogen-bond donors (Lipinski definition) is 3. The van der Waals surface area contributed by atoms with Gasteiger partial charge in [0, 0.05) is 5.75 Å². The number of hydrogen-bond acceptors (Lipinski definition) is 4. The van der Waals surface area contributed by atoms with Gasteiger partial charge in [-0.2, -0.15) is 12.6 Å². The summed E-state index contributed by atoms with van der Waals surface area (Å²) in [7, 11) is 0. The van der Waals surface area contributed by atoms with Crippen molar-refractivity contribution in [3.63, 3.8) is 0 Å². The SMILES string of the molecule is CCCCOc1ccccc1C(=O)N[C@@H](CS)C(=O)O. The Bertz CT molecular complexity index is 464. The molecule has 0 spiro atoms. The van der Waals surface area contributed by atoms with Crippen LogP contribution in [0.15, 0.2) is 24.3 Å². The average Bonchev–Trinajstić information content (AvgIpc) is 2.45. The summed E-state index contributed by atoms with van der Waals surface area (Å²) < 4.78 is 5.55. The summed E-state index contributed by atoms with van der Waals surface area (Å²) in [5.41, 5.74) is 0.330. The lowest BCUT2D eigenvalue weighted by atomic mass is 10.1. The van der Waals surface area contributed by atoms with Gasteiger partial charge in [0.05, 0.1) is 12.2 Å². The third-order valence-corrected chi connectivity index (χ3v) is 3.04. The molecular formula is C14H19NO4S. The maximum absolute atomic E-state index is 12.1. The van der Waals surface area contributed by atoms with Crippen LogP contribution >= 0.6 is 12.6 Å². The first-order valence-corrected chi connectivity index (χ1v) is 7.09. The maximum Gasteiger partial charge on any atom is 0.327 e. The van der Waals surface area contributed by atoms with Crippen molar-refractivity contribution in [1.82, 2.24) is 5.32 Å². The van der Waals surface area contributed by atoms with Gasteiger partial charge in [-0.25, -0.2) is 4.79 Å². The van der Waals surface area contributed by atoms with Crippen molar-refractivity contribution >= 4 is 24.5 Å². The van der Waals surface area contributed by atoms with E-state index in [4.69, 9.17) is 9.84 Å². The summed E-state index contributed by atoms with van der Waals surface area (Å²) in [6, 6.07) is 5.76. The zero-order valence-electron chi connectivity index (χ0n) is 11.3. The molecule has 0 radical (unpaired) electrons. The minimum absolute atomic E-state index is 0.0277. The first kappa shape index (κ1) is 16.4. The highest BCUT2D eigenvalue weighted by Gasteiger charge is 2.20. The Morgan fingerprint density at radius 1 is 1.40 bits per heavy atom. The number of ether oxygens (including phenoxy) is 1. The van der Waals surface area contributed by atoms with Crippen LogP contribution in [0.2, 0.25) is 0 Å². The molecule has 1 rings (SSSR count). The first-order valence-electron chi connectivity index (χ1n) is 6.46. The Morgan fingerprint density at radius 2 is 2.10 bits per heavy atom. The van der Waals surface area contributed by atoms with Gasteiger partial charge in [-0.3, -0.25) is 4.79 Å². The smallest absolute Gasteiger partial charge is 0.327 e. The fourth-order valence-electron chi connectivity index (χ4n) is 1.53. The summed E-state index contributed by atoms with van der Waals surface area (Å²) >= 11 is 3.91. The molecule has 0 aliphatic rings. The average molecular weight is 297 g/mol. The number of benzene rings is 1. The molecule has 0 saturated heterocycles. The third-order valence-electron chi connectivity index (χ3n) is 2.67. The van der Waals surface area contributed by atoms with Gasteiger partial charge in [-0.15, -0.1) is 0 Å². The molecule has 1 amide bonds. The quantitative estimate of drug-likeness (QED) is 0.506. The molecule has 110 valence electrons. The molecule has 1 atom stereocenters. The lowest BCUT2D eigenvalue weighted by Crippen LogP contribution is -2.42. The van der Waals surface area contributed by atoms with Crippen LogP contribution in [0.4, 0.5) is 0 Å². The first-order chi connectivity index (χ1) is 9.60. The van der Waals surface area contributed by atoms with Gasteiger partial charge in [0.15, 0.2) is 0 Å². The van der Waals surface area contributed by atoms with E-state index in [9.17, 15) is 9.59 Å². The second-order valence-electron chi connectivity index (χ2n) is 4.25. The van der Waals surface area contributed by atoms with Crippen LogP contribution in [0, 0.1) is 0 Å². The van der Waals surface area contributed by atoms with Gasteiger partial charge in [0.25, 0.3) is 5.91 Å². The Hall–Kier alpha value is -1.69. The molecule has 0 unspecified atom stereocenters. The van der Waals surface area contributed by atoms with Crippen LogP contribution in [0.3, 0.4) is 0 Å². The highest BCUT2D eigenvalue weighted by atomic mass is 32.1. The number of carbonyl (C=O) groups excluding carboxylic acids is 1. The second kappa shape index (κ2) is 8.47. The van der Waals surface area contributed by atoms with Gasteiger partial charge >= 0.3 is 5.97 Å². The number of para-hydroxylation sites is 1. The lowest BCUT2D eigenvalue weighted by molar-refractivity contribution is -0.138. The van der Waals surface area contributed by atoms with Gasteiger partial charge in [-0.1, -0.05) is 25.5 Å². The van der Waals surface area contributed by atoms with E-state index in [1.54, 1.807) is 24.3 Å². The van der Waals surface area contributed by atoms with Crippen molar-refractivity contribution in [2.45, 2.75) is 25.8 Å². The van der Waals surface area contributed by atoms with Gasteiger partial charge in [0.2, 0.25) is 0 Å². The molecular weight excluding hydrogens is 278 g/mol. The van der Waals surface area contributed by atoms with E-state index in [-0.39, 0.29) is 5.75 Å². The molecule has 0 fully saturated rings. The number of carbonyl (C=O) groups is 2. The van der Waals surface area contributed by atoms with Crippen LogP contribution < -0.4 is 10.1 Å². The largest absolute Gasteiger partial charge is 0.493 e. The van der Waals surface area contributed by atoms with Gasteiger partial charge < -0.3 is 15.2 Å². The number of carboxylic acids is 1. The van der Waals surface area contributed by atoms with Crippen LogP contribution in [-0.4, -0.2) is 35.4 Å². The van der Waals surface area contributed by atoms with E-state index in [0.29, 0.717) is 17.9 Å². The zero-order valence-corrected chi connectivity index (χ0v) is 12.2. The Balaban J connectivity index is 2.78. The molecule has 0 aliphatic carbocycles. The molecule has 1 aromatic carbocycles. The minimum Gasteiger partial charge on any atom is -0.493 e. The van der Waals surface area contributed by atoms with Gasteiger partial charge in [-0.05, 0) is 18.6 Å². The lowest BCUT2D eigenvalue weighted by Gasteiger charge is -2.14. The number of unbranched alkanes of at least 4 members (excludes halogenated alkanes) is 1. The molecule has 1 aromatic rings. The fourth-order valence-corrected chi connectivity index (χ4v) is 1.78. The predicted molar refractivity (Wildman–Crippen MR) is 79.6 cm³/mol. The molecule has 0 aromatic heterocycles. The Morgan fingerprint density at radius 3 is 2.70 bits per heavy atom. The van der Waals surface area contributed by atoms with Crippen LogP contribution in [0.1, 0.15) is 30.1 Å². The molecule has 0 aliphatic heterocycles. The maximum atomic E-state index is 12.1. The van der Waals surface area contributed by atoms with Gasteiger partial charge in [0.1, 0.15) is 11.8 Å². The molecule has 2 N–H and O–H groups in total. The fraction of sp³-hybridized carbons (Fsp3) is 0.429. The highest BCUT2D eigenvalue weighted by Crippen LogP contribution is 2.18. The minimum atomic E-state index is -1.11. The van der Waals surface area contributed by atoms with Crippen LogP contribution in [0.25, 0.3) is 0 Å². The summed E-state index contributed by atoms with van der Waals surface area (Å²) in [5, 5.41) is 11.3. The number of amides is 1. The normalized spacial score (nSPS) is 11.7. The molecule has 5 nitrogen and oxygen atoms in total. The highest BCUT2D eigenvalue weighted by molar-refractivity contribution is 7.80. The van der Waals surface area contributed by atoms with Crippen molar-refractivity contribution in [3.8, 4) is 5.75 Å². The molecule has 0 bridgehead atoms. The van der Waals surface area contributed by atoms with Crippen molar-refractivity contribution in [1.29, 1.82) is 0 Å². The molecule has 20 heavy (non-hydrogen) atoms. The van der Waals surface area contributed by atoms with E-state index in [1.165, 1.54) is 0 Å². The summed E-state index contributed by atoms with van der Waals surface area (Å²) in [4.78, 5) is 23.0. The molecule has 6 heteroatoms. The van der Waals surface area contributed by atoms with E-state index in [0.717, 1.165) is 12.8 Å². The van der Waals surface area contributed by atoms with Crippen LogP contribution in [-0.2, 0) is 4.79 Å². The number of thiol groups is 1. The molecule has 0 heterocycles. The summed E-state index contributed by atoms with van der Waals surface area (Å²) in [6.07, 6.45) is 1.89. The van der Waals surface area contributed by atoms with Crippen LogP contribution in [0.5, 0.6) is 5.75 Å². The summed E-state index contributed by atoms with van der Waals surface area (Å²) in [6.45, 7) is 2.57. The van der Waals surface area contributed by atoms with Crippen molar-refractivity contribution < 1.29 is 19.4 Å². The van der Waals surface area contributed by atoms with E-state index >= 15 is 0 Å².